The van der Waals surface area contributed by atoms with E-state index in [1.165, 1.54) is 30.6 Å². The first kappa shape index (κ1) is 16.4. The van der Waals surface area contributed by atoms with E-state index in [9.17, 15) is 9.18 Å². The second-order valence-corrected chi connectivity index (χ2v) is 6.03. The Morgan fingerprint density at radius 1 is 1.21 bits per heavy atom. The number of piperidine rings is 1. The maximum absolute atomic E-state index is 13.0. The summed E-state index contributed by atoms with van der Waals surface area (Å²) in [6.07, 6.45) is 8.08. The number of carbonyl (C=O) groups is 1. The molecule has 0 bridgehead atoms. The summed E-state index contributed by atoms with van der Waals surface area (Å²) in [6, 6.07) is 5.44. The number of hydrogen-bond donors (Lipinski definition) is 1. The minimum absolute atomic E-state index is 0.0565. The number of likely N-dealkylation sites (tertiary alicyclic amines) is 1. The van der Waals surface area contributed by atoms with E-state index in [1.54, 1.807) is 12.4 Å². The van der Waals surface area contributed by atoms with Gasteiger partial charge in [-0.3, -0.25) is 10.1 Å². The molecule has 5 nitrogen and oxygen atoms in total. The average molecular weight is 344 g/mol. The van der Waals surface area contributed by atoms with Crippen LogP contribution in [-0.4, -0.2) is 32.4 Å². The van der Waals surface area contributed by atoms with Crippen molar-refractivity contribution in [3.63, 3.8) is 0 Å². The SMILES string of the molecule is O=C(NC(=S)N1CCCCC1c1cncnc1)c1ccc(F)cc1. The number of nitrogens with one attached hydrogen (secondary N) is 1. The maximum Gasteiger partial charge on any atom is 0.257 e. The molecule has 24 heavy (non-hydrogen) atoms. The van der Waals surface area contributed by atoms with Crippen LogP contribution in [0.3, 0.4) is 0 Å². The highest BCUT2D eigenvalue weighted by atomic mass is 32.1. The van der Waals surface area contributed by atoms with Crippen molar-refractivity contribution in [1.82, 2.24) is 20.2 Å². The molecular weight excluding hydrogens is 327 g/mol. The van der Waals surface area contributed by atoms with Gasteiger partial charge >= 0.3 is 0 Å². The van der Waals surface area contributed by atoms with Gasteiger partial charge in [0, 0.05) is 30.1 Å². The number of amides is 1. The van der Waals surface area contributed by atoms with E-state index >= 15 is 0 Å². The van der Waals surface area contributed by atoms with Crippen LogP contribution in [0.25, 0.3) is 0 Å². The Morgan fingerprint density at radius 2 is 1.92 bits per heavy atom. The Labute approximate surface area is 144 Å². The normalized spacial score (nSPS) is 17.4. The third kappa shape index (κ3) is 3.73. The van der Waals surface area contributed by atoms with E-state index in [0.29, 0.717) is 10.7 Å². The number of aromatic nitrogens is 2. The van der Waals surface area contributed by atoms with E-state index in [-0.39, 0.29) is 17.8 Å². The minimum Gasteiger partial charge on any atom is -0.342 e. The highest BCUT2D eigenvalue weighted by Crippen LogP contribution is 2.30. The lowest BCUT2D eigenvalue weighted by atomic mass is 9.98. The van der Waals surface area contributed by atoms with E-state index in [0.717, 1.165) is 31.4 Å². The fraction of sp³-hybridized carbons (Fsp3) is 0.294. The van der Waals surface area contributed by atoms with E-state index < -0.39 is 0 Å². The van der Waals surface area contributed by atoms with Gasteiger partial charge in [-0.1, -0.05) is 0 Å². The van der Waals surface area contributed by atoms with Crippen LogP contribution in [-0.2, 0) is 0 Å². The smallest absolute Gasteiger partial charge is 0.257 e. The summed E-state index contributed by atoms with van der Waals surface area (Å²) in [5, 5.41) is 3.11. The molecule has 0 spiro atoms. The van der Waals surface area contributed by atoms with Crippen LogP contribution >= 0.6 is 12.2 Å². The molecule has 1 aliphatic heterocycles. The van der Waals surface area contributed by atoms with Crippen molar-refractivity contribution in [2.75, 3.05) is 6.54 Å². The first-order valence-electron chi connectivity index (χ1n) is 7.77. The highest BCUT2D eigenvalue weighted by Gasteiger charge is 2.27. The number of carbonyl (C=O) groups excluding carboxylic acids is 1. The van der Waals surface area contributed by atoms with Crippen molar-refractivity contribution < 1.29 is 9.18 Å². The molecule has 0 radical (unpaired) electrons. The van der Waals surface area contributed by atoms with Crippen LogP contribution < -0.4 is 5.32 Å². The molecule has 0 aliphatic carbocycles. The zero-order chi connectivity index (χ0) is 16.9. The number of rotatable bonds is 2. The molecule has 124 valence electrons. The van der Waals surface area contributed by atoms with Crippen LogP contribution in [0.15, 0.2) is 43.0 Å². The first-order chi connectivity index (χ1) is 11.6. The predicted molar refractivity (Wildman–Crippen MR) is 91.8 cm³/mol. The quantitative estimate of drug-likeness (QED) is 0.849. The number of thiocarbonyl (C=S) groups is 1. The predicted octanol–water partition coefficient (Wildman–Crippen LogP) is 2.86. The van der Waals surface area contributed by atoms with Gasteiger partial charge in [-0.2, -0.15) is 0 Å². The summed E-state index contributed by atoms with van der Waals surface area (Å²) in [7, 11) is 0. The van der Waals surface area contributed by atoms with Crippen molar-refractivity contribution in [3.05, 3.63) is 59.9 Å². The van der Waals surface area contributed by atoms with Crippen molar-refractivity contribution in [2.45, 2.75) is 25.3 Å². The molecule has 3 rings (SSSR count). The summed E-state index contributed by atoms with van der Waals surface area (Å²) < 4.78 is 13.0. The number of hydrogen-bond acceptors (Lipinski definition) is 4. The zero-order valence-electron chi connectivity index (χ0n) is 13.0. The second-order valence-electron chi connectivity index (χ2n) is 5.64. The van der Waals surface area contributed by atoms with Gasteiger partial charge in [-0.15, -0.1) is 0 Å². The van der Waals surface area contributed by atoms with Crippen molar-refractivity contribution in [1.29, 1.82) is 0 Å². The Hall–Kier alpha value is -2.41. The van der Waals surface area contributed by atoms with Gasteiger partial charge in [0.1, 0.15) is 12.1 Å². The molecule has 1 unspecified atom stereocenters. The fourth-order valence-electron chi connectivity index (χ4n) is 2.85. The maximum atomic E-state index is 13.0. The van der Waals surface area contributed by atoms with Crippen LogP contribution in [0, 0.1) is 5.82 Å². The monoisotopic (exact) mass is 344 g/mol. The van der Waals surface area contributed by atoms with E-state index in [1.807, 2.05) is 4.90 Å². The molecule has 1 amide bonds. The summed E-state index contributed by atoms with van der Waals surface area (Å²) in [6.45, 7) is 0.766. The van der Waals surface area contributed by atoms with Gasteiger partial charge in [0.2, 0.25) is 0 Å². The Kier molecular flexibility index (Phi) is 5.10. The van der Waals surface area contributed by atoms with Gasteiger partial charge in [0.25, 0.3) is 5.91 Å². The number of halogens is 1. The number of nitrogens with zero attached hydrogens (tertiary/aromatic N) is 3. The molecule has 7 heteroatoms. The molecule has 2 heterocycles. The lowest BCUT2D eigenvalue weighted by Crippen LogP contribution is -2.46. The van der Waals surface area contributed by atoms with Crippen molar-refractivity contribution >= 4 is 23.2 Å². The Bertz CT molecular complexity index is 723. The fourth-order valence-corrected chi connectivity index (χ4v) is 3.16. The topological polar surface area (TPSA) is 58.1 Å². The lowest BCUT2D eigenvalue weighted by molar-refractivity contribution is 0.0969. The molecule has 2 aromatic rings. The summed E-state index contributed by atoms with van der Waals surface area (Å²) in [5.41, 5.74) is 1.35. The molecule has 0 saturated carbocycles. The second kappa shape index (κ2) is 7.44. The van der Waals surface area contributed by atoms with Crippen LogP contribution in [0.1, 0.15) is 41.2 Å². The Balaban J connectivity index is 1.72. The molecule has 1 N–H and O–H groups in total. The van der Waals surface area contributed by atoms with Gasteiger partial charge in [-0.05, 0) is 55.7 Å². The van der Waals surface area contributed by atoms with Gasteiger partial charge in [0.05, 0.1) is 6.04 Å². The molecular formula is C17H17FN4OS. The largest absolute Gasteiger partial charge is 0.342 e. The van der Waals surface area contributed by atoms with Crippen LogP contribution in [0.2, 0.25) is 0 Å². The van der Waals surface area contributed by atoms with Crippen LogP contribution in [0.5, 0.6) is 0 Å². The van der Waals surface area contributed by atoms with E-state index in [4.69, 9.17) is 12.2 Å². The van der Waals surface area contributed by atoms with Gasteiger partial charge in [-0.25, -0.2) is 14.4 Å². The molecule has 1 aromatic heterocycles. The average Bonchev–Trinajstić information content (AvgIpc) is 2.63. The summed E-state index contributed by atoms with van der Waals surface area (Å²) in [4.78, 5) is 22.4. The number of benzene rings is 1. The zero-order valence-corrected chi connectivity index (χ0v) is 13.8. The molecule has 1 saturated heterocycles. The molecule has 1 atom stereocenters. The molecule has 1 fully saturated rings. The van der Waals surface area contributed by atoms with Crippen LogP contribution in [0.4, 0.5) is 4.39 Å². The lowest BCUT2D eigenvalue weighted by Gasteiger charge is -2.37. The third-order valence-corrected chi connectivity index (χ3v) is 4.39. The van der Waals surface area contributed by atoms with Gasteiger partial charge < -0.3 is 4.90 Å². The first-order valence-corrected chi connectivity index (χ1v) is 8.18. The Morgan fingerprint density at radius 3 is 2.62 bits per heavy atom. The summed E-state index contributed by atoms with van der Waals surface area (Å²) >= 11 is 5.43. The molecule has 1 aliphatic rings. The van der Waals surface area contributed by atoms with Crippen molar-refractivity contribution in [2.24, 2.45) is 0 Å². The summed E-state index contributed by atoms with van der Waals surface area (Å²) in [5.74, 6) is -0.720. The van der Waals surface area contributed by atoms with Crippen molar-refractivity contribution in [3.8, 4) is 0 Å². The van der Waals surface area contributed by atoms with E-state index in [2.05, 4.69) is 15.3 Å². The third-order valence-electron chi connectivity index (χ3n) is 4.06. The molecule has 1 aromatic carbocycles. The minimum atomic E-state index is -0.380. The van der Waals surface area contributed by atoms with Gasteiger partial charge in [0.15, 0.2) is 5.11 Å². The highest BCUT2D eigenvalue weighted by molar-refractivity contribution is 7.80. The standard InChI is InChI=1S/C17H17FN4OS/c18-14-6-4-12(5-7-14)16(23)21-17(24)22-8-2-1-3-15(22)13-9-19-11-20-10-13/h4-7,9-11,15H,1-3,8H2,(H,21,23,24).